The normalized spacial score (nSPS) is 11.1. The monoisotopic (exact) mass is 346 g/mol. The highest BCUT2D eigenvalue weighted by molar-refractivity contribution is 7.99. The first-order chi connectivity index (χ1) is 12.3. The Morgan fingerprint density at radius 3 is 2.36 bits per heavy atom. The van der Waals surface area contributed by atoms with Crippen molar-refractivity contribution in [3.63, 3.8) is 0 Å². The van der Waals surface area contributed by atoms with Gasteiger partial charge in [-0.25, -0.2) is 14.6 Å². The number of aromatic nitrogens is 4. The Kier molecular flexibility index (Phi) is 4.48. The van der Waals surface area contributed by atoms with Crippen molar-refractivity contribution < 1.29 is 0 Å². The SMILES string of the molecule is CCCn1ncc2c(Sc3ccccc3)nc(-c3ccccc3)nc21. The van der Waals surface area contributed by atoms with E-state index in [1.165, 1.54) is 0 Å². The van der Waals surface area contributed by atoms with E-state index in [9.17, 15) is 0 Å². The third kappa shape index (κ3) is 3.28. The Morgan fingerprint density at radius 1 is 0.920 bits per heavy atom. The average Bonchev–Trinajstić information content (AvgIpc) is 3.07. The molecule has 0 spiro atoms. The van der Waals surface area contributed by atoms with E-state index >= 15 is 0 Å². The van der Waals surface area contributed by atoms with Gasteiger partial charge in [-0.1, -0.05) is 67.2 Å². The van der Waals surface area contributed by atoms with Crippen LogP contribution in [0.25, 0.3) is 22.4 Å². The molecular formula is C20H18N4S. The highest BCUT2D eigenvalue weighted by atomic mass is 32.2. The van der Waals surface area contributed by atoms with E-state index in [-0.39, 0.29) is 0 Å². The van der Waals surface area contributed by atoms with Crippen molar-refractivity contribution in [1.29, 1.82) is 0 Å². The number of hydrogen-bond donors (Lipinski definition) is 0. The van der Waals surface area contributed by atoms with E-state index in [4.69, 9.17) is 9.97 Å². The highest BCUT2D eigenvalue weighted by Gasteiger charge is 2.14. The lowest BCUT2D eigenvalue weighted by Gasteiger charge is -2.07. The molecule has 2 heterocycles. The second kappa shape index (κ2) is 7.07. The van der Waals surface area contributed by atoms with Gasteiger partial charge in [-0.15, -0.1) is 0 Å². The number of hydrogen-bond acceptors (Lipinski definition) is 4. The molecule has 0 aliphatic rings. The summed E-state index contributed by atoms with van der Waals surface area (Å²) in [6, 6.07) is 20.4. The van der Waals surface area contributed by atoms with Crippen LogP contribution in [0, 0.1) is 0 Å². The van der Waals surface area contributed by atoms with Crippen LogP contribution in [0.15, 0.2) is 76.8 Å². The summed E-state index contributed by atoms with van der Waals surface area (Å²) < 4.78 is 1.97. The second-order valence-electron chi connectivity index (χ2n) is 5.74. The van der Waals surface area contributed by atoms with Gasteiger partial charge in [0.05, 0.1) is 11.6 Å². The first kappa shape index (κ1) is 15.8. The average molecular weight is 346 g/mol. The van der Waals surface area contributed by atoms with Crippen LogP contribution in [0.2, 0.25) is 0 Å². The van der Waals surface area contributed by atoms with Crippen molar-refractivity contribution >= 4 is 22.8 Å². The summed E-state index contributed by atoms with van der Waals surface area (Å²) in [5.41, 5.74) is 1.91. The van der Waals surface area contributed by atoms with Gasteiger partial charge in [-0.05, 0) is 18.6 Å². The minimum absolute atomic E-state index is 0.740. The molecule has 2 aromatic heterocycles. The molecule has 0 fully saturated rings. The Hall–Kier alpha value is -2.66. The molecule has 0 N–H and O–H groups in total. The first-order valence-electron chi connectivity index (χ1n) is 8.37. The molecule has 2 aromatic carbocycles. The molecule has 5 heteroatoms. The topological polar surface area (TPSA) is 43.6 Å². The standard InChI is InChI=1S/C20H18N4S/c1-2-13-24-19-17(14-21-24)20(25-16-11-7-4-8-12-16)23-18(22-19)15-9-5-3-6-10-15/h3-12,14H,2,13H2,1H3. The summed E-state index contributed by atoms with van der Waals surface area (Å²) >= 11 is 1.65. The molecular weight excluding hydrogens is 328 g/mol. The lowest BCUT2D eigenvalue weighted by atomic mass is 10.2. The number of nitrogens with zero attached hydrogens (tertiary/aromatic N) is 4. The van der Waals surface area contributed by atoms with E-state index < -0.39 is 0 Å². The van der Waals surface area contributed by atoms with Gasteiger partial charge in [0.2, 0.25) is 0 Å². The molecule has 0 saturated heterocycles. The maximum atomic E-state index is 4.84. The Morgan fingerprint density at radius 2 is 1.64 bits per heavy atom. The van der Waals surface area contributed by atoms with Crippen LogP contribution in [0.1, 0.15) is 13.3 Å². The lowest BCUT2D eigenvalue weighted by molar-refractivity contribution is 0.617. The third-order valence-electron chi connectivity index (χ3n) is 3.89. The van der Waals surface area contributed by atoms with E-state index in [0.29, 0.717) is 0 Å². The molecule has 0 aliphatic heterocycles. The highest BCUT2D eigenvalue weighted by Crippen LogP contribution is 2.33. The zero-order valence-corrected chi connectivity index (χ0v) is 14.8. The van der Waals surface area contributed by atoms with Gasteiger partial charge >= 0.3 is 0 Å². The van der Waals surface area contributed by atoms with Gasteiger partial charge in [-0.2, -0.15) is 5.10 Å². The summed E-state index contributed by atoms with van der Waals surface area (Å²) in [6.45, 7) is 3.00. The molecule has 25 heavy (non-hydrogen) atoms. The van der Waals surface area contributed by atoms with Crippen molar-refractivity contribution in [3.8, 4) is 11.4 Å². The summed E-state index contributed by atoms with van der Waals surface area (Å²) in [5, 5.41) is 6.47. The molecule has 0 radical (unpaired) electrons. The van der Waals surface area contributed by atoms with Crippen molar-refractivity contribution in [1.82, 2.24) is 19.7 Å². The van der Waals surface area contributed by atoms with Crippen molar-refractivity contribution in [2.45, 2.75) is 29.8 Å². The molecule has 0 atom stereocenters. The van der Waals surface area contributed by atoms with Crippen molar-refractivity contribution in [2.24, 2.45) is 0 Å². The largest absolute Gasteiger partial charge is 0.247 e. The summed E-state index contributed by atoms with van der Waals surface area (Å²) in [7, 11) is 0. The minimum Gasteiger partial charge on any atom is -0.247 e. The fourth-order valence-electron chi connectivity index (χ4n) is 2.70. The Bertz CT molecular complexity index is 981. The van der Waals surface area contributed by atoms with Gasteiger partial charge in [0.1, 0.15) is 5.03 Å². The summed E-state index contributed by atoms with van der Waals surface area (Å²) in [5.74, 6) is 0.740. The van der Waals surface area contributed by atoms with E-state index in [1.54, 1.807) is 11.8 Å². The molecule has 0 bridgehead atoms. The van der Waals surface area contributed by atoms with Crippen LogP contribution in [0.5, 0.6) is 0 Å². The number of benzene rings is 2. The first-order valence-corrected chi connectivity index (χ1v) is 9.18. The second-order valence-corrected chi connectivity index (χ2v) is 6.80. The fourth-order valence-corrected chi connectivity index (χ4v) is 3.60. The minimum atomic E-state index is 0.740. The Labute approximate surface area is 150 Å². The maximum absolute atomic E-state index is 4.84. The maximum Gasteiger partial charge on any atom is 0.163 e. The van der Waals surface area contributed by atoms with Crippen LogP contribution in [0.3, 0.4) is 0 Å². The molecule has 0 saturated carbocycles. The molecule has 4 aromatic rings. The van der Waals surface area contributed by atoms with Gasteiger partial charge in [-0.3, -0.25) is 0 Å². The Balaban J connectivity index is 1.87. The molecule has 0 aliphatic carbocycles. The van der Waals surface area contributed by atoms with Gasteiger partial charge in [0.15, 0.2) is 11.5 Å². The van der Waals surface area contributed by atoms with Crippen LogP contribution in [0.4, 0.5) is 0 Å². The third-order valence-corrected chi connectivity index (χ3v) is 4.90. The fraction of sp³-hybridized carbons (Fsp3) is 0.150. The molecule has 124 valence electrons. The quantitative estimate of drug-likeness (QED) is 0.474. The summed E-state index contributed by atoms with van der Waals surface area (Å²) in [4.78, 5) is 10.8. The molecule has 4 nitrogen and oxygen atoms in total. The molecule has 0 amide bonds. The van der Waals surface area contributed by atoms with Crippen molar-refractivity contribution in [2.75, 3.05) is 0 Å². The van der Waals surface area contributed by atoms with E-state index in [2.05, 4.69) is 24.2 Å². The van der Waals surface area contributed by atoms with Gasteiger partial charge in [0, 0.05) is 17.0 Å². The van der Waals surface area contributed by atoms with Crippen LogP contribution < -0.4 is 0 Å². The van der Waals surface area contributed by atoms with Gasteiger partial charge < -0.3 is 0 Å². The molecule has 0 unspecified atom stereocenters. The lowest BCUT2D eigenvalue weighted by Crippen LogP contribution is -2.02. The predicted octanol–water partition coefficient (Wildman–Crippen LogP) is 5.05. The van der Waals surface area contributed by atoms with Crippen LogP contribution in [-0.4, -0.2) is 19.7 Å². The van der Waals surface area contributed by atoms with Gasteiger partial charge in [0.25, 0.3) is 0 Å². The van der Waals surface area contributed by atoms with Crippen LogP contribution >= 0.6 is 11.8 Å². The zero-order chi connectivity index (χ0) is 17.1. The summed E-state index contributed by atoms with van der Waals surface area (Å²) in [6.07, 6.45) is 2.90. The number of aryl methyl sites for hydroxylation is 1. The zero-order valence-electron chi connectivity index (χ0n) is 14.0. The van der Waals surface area contributed by atoms with Crippen molar-refractivity contribution in [3.05, 3.63) is 66.9 Å². The number of fused-ring (bicyclic) bond motifs is 1. The van der Waals surface area contributed by atoms with Crippen LogP contribution in [-0.2, 0) is 6.54 Å². The van der Waals surface area contributed by atoms with E-state index in [0.717, 1.165) is 45.3 Å². The predicted molar refractivity (Wildman–Crippen MR) is 102 cm³/mol. The van der Waals surface area contributed by atoms with E-state index in [1.807, 2.05) is 59.4 Å². The smallest absolute Gasteiger partial charge is 0.163 e. The molecule has 4 rings (SSSR count). The number of rotatable bonds is 5.